The van der Waals surface area contributed by atoms with Gasteiger partial charge < -0.3 is 5.11 Å². The van der Waals surface area contributed by atoms with E-state index in [9.17, 15) is 9.90 Å². The summed E-state index contributed by atoms with van der Waals surface area (Å²) in [6, 6.07) is 0. The standard InChI is InChI=1S/C8H12O2/c9-7-3-5-1-2-6(7)8(10)4-5/h5-7,9H,1-4H2. The minimum atomic E-state index is -0.306. The second-order valence-corrected chi connectivity index (χ2v) is 3.52. The Morgan fingerprint density at radius 1 is 1.40 bits per heavy atom. The van der Waals surface area contributed by atoms with Crippen LogP contribution < -0.4 is 0 Å². The van der Waals surface area contributed by atoms with Gasteiger partial charge in [-0.15, -0.1) is 0 Å². The smallest absolute Gasteiger partial charge is 0.138 e. The van der Waals surface area contributed by atoms with E-state index in [1.807, 2.05) is 0 Å². The van der Waals surface area contributed by atoms with Crippen molar-refractivity contribution in [1.82, 2.24) is 0 Å². The molecule has 0 saturated heterocycles. The van der Waals surface area contributed by atoms with Gasteiger partial charge in [0.05, 0.1) is 6.10 Å². The zero-order valence-corrected chi connectivity index (χ0v) is 5.92. The zero-order chi connectivity index (χ0) is 7.14. The number of hydrogen-bond acceptors (Lipinski definition) is 2. The second kappa shape index (κ2) is 2.06. The van der Waals surface area contributed by atoms with E-state index in [4.69, 9.17) is 0 Å². The van der Waals surface area contributed by atoms with E-state index in [-0.39, 0.29) is 12.0 Å². The molecule has 3 aliphatic rings. The minimum absolute atomic E-state index is 0.00463. The van der Waals surface area contributed by atoms with Crippen molar-refractivity contribution in [3.63, 3.8) is 0 Å². The van der Waals surface area contributed by atoms with Crippen LogP contribution in [0, 0.1) is 11.8 Å². The van der Waals surface area contributed by atoms with Crippen LogP contribution in [-0.4, -0.2) is 17.0 Å². The maximum atomic E-state index is 11.1. The summed E-state index contributed by atoms with van der Waals surface area (Å²) in [7, 11) is 0. The topological polar surface area (TPSA) is 37.3 Å². The van der Waals surface area contributed by atoms with Gasteiger partial charge in [0.2, 0.25) is 0 Å². The molecule has 0 aliphatic heterocycles. The molecule has 3 unspecified atom stereocenters. The quantitative estimate of drug-likeness (QED) is 0.538. The van der Waals surface area contributed by atoms with E-state index in [2.05, 4.69) is 0 Å². The number of hydrogen-bond donors (Lipinski definition) is 1. The van der Waals surface area contributed by atoms with E-state index in [1.54, 1.807) is 0 Å². The monoisotopic (exact) mass is 140 g/mol. The molecular formula is C8H12O2. The van der Waals surface area contributed by atoms with Gasteiger partial charge in [0.15, 0.2) is 0 Å². The summed E-state index contributed by atoms with van der Waals surface area (Å²) in [4.78, 5) is 11.1. The minimum Gasteiger partial charge on any atom is -0.392 e. The predicted octanol–water partition coefficient (Wildman–Crippen LogP) is 0.736. The van der Waals surface area contributed by atoms with Gasteiger partial charge in [0, 0.05) is 12.3 Å². The highest BCUT2D eigenvalue weighted by Crippen LogP contribution is 2.38. The SMILES string of the molecule is O=C1CC2CCC1C(O)C2. The molecule has 1 N–H and O–H groups in total. The summed E-state index contributed by atoms with van der Waals surface area (Å²) in [6.07, 6.45) is 3.40. The first-order chi connectivity index (χ1) is 4.77. The Morgan fingerprint density at radius 2 is 2.20 bits per heavy atom. The number of ketones is 1. The van der Waals surface area contributed by atoms with E-state index in [0.717, 1.165) is 25.7 Å². The summed E-state index contributed by atoms with van der Waals surface area (Å²) in [6.45, 7) is 0. The van der Waals surface area contributed by atoms with Crippen molar-refractivity contribution in [1.29, 1.82) is 0 Å². The lowest BCUT2D eigenvalue weighted by Gasteiger charge is -2.38. The molecule has 3 atom stereocenters. The Morgan fingerprint density at radius 3 is 2.60 bits per heavy atom. The van der Waals surface area contributed by atoms with Crippen molar-refractivity contribution in [3.8, 4) is 0 Å². The molecule has 56 valence electrons. The van der Waals surface area contributed by atoms with Crippen LogP contribution in [0.5, 0.6) is 0 Å². The lowest BCUT2D eigenvalue weighted by Crippen LogP contribution is -2.41. The van der Waals surface area contributed by atoms with Crippen LogP contribution in [0.15, 0.2) is 0 Å². The first kappa shape index (κ1) is 6.35. The number of aliphatic hydroxyl groups excluding tert-OH is 1. The molecule has 0 aromatic rings. The number of aliphatic hydroxyl groups is 1. The molecule has 0 aromatic carbocycles. The molecule has 3 rings (SSSR count). The molecule has 3 fully saturated rings. The number of carbonyl (C=O) groups excluding carboxylic acids is 1. The number of rotatable bonds is 0. The summed E-state index contributed by atoms with van der Waals surface area (Å²) in [5.74, 6) is 0.812. The van der Waals surface area contributed by atoms with Gasteiger partial charge in [-0.3, -0.25) is 4.79 Å². The van der Waals surface area contributed by atoms with Gasteiger partial charge in [0.1, 0.15) is 5.78 Å². The van der Waals surface area contributed by atoms with Crippen LogP contribution >= 0.6 is 0 Å². The molecule has 10 heavy (non-hydrogen) atoms. The Kier molecular flexibility index (Phi) is 1.31. The molecule has 0 spiro atoms. The van der Waals surface area contributed by atoms with Gasteiger partial charge in [-0.1, -0.05) is 0 Å². The number of fused-ring (bicyclic) bond motifs is 3. The molecule has 0 aromatic heterocycles. The van der Waals surface area contributed by atoms with Crippen molar-refractivity contribution in [2.24, 2.45) is 11.8 Å². The normalized spacial score (nSPS) is 46.1. The van der Waals surface area contributed by atoms with Gasteiger partial charge in [-0.25, -0.2) is 0 Å². The van der Waals surface area contributed by atoms with Gasteiger partial charge >= 0.3 is 0 Å². The molecule has 3 aliphatic carbocycles. The molecule has 3 saturated carbocycles. The van der Waals surface area contributed by atoms with Crippen molar-refractivity contribution in [2.45, 2.75) is 31.8 Å². The lowest BCUT2D eigenvalue weighted by molar-refractivity contribution is -0.136. The second-order valence-electron chi connectivity index (χ2n) is 3.52. The van der Waals surface area contributed by atoms with Crippen LogP contribution in [-0.2, 0) is 4.79 Å². The molecule has 2 nitrogen and oxygen atoms in total. The molecule has 2 bridgehead atoms. The number of carbonyl (C=O) groups is 1. The fraction of sp³-hybridized carbons (Fsp3) is 0.875. The highest BCUT2D eigenvalue weighted by atomic mass is 16.3. The molecular weight excluding hydrogens is 128 g/mol. The largest absolute Gasteiger partial charge is 0.392 e. The highest BCUT2D eigenvalue weighted by molar-refractivity contribution is 5.83. The zero-order valence-electron chi connectivity index (χ0n) is 5.92. The maximum absolute atomic E-state index is 11.1. The summed E-state index contributed by atoms with van der Waals surface area (Å²) < 4.78 is 0. The van der Waals surface area contributed by atoms with Crippen molar-refractivity contribution in [3.05, 3.63) is 0 Å². The van der Waals surface area contributed by atoms with E-state index in [0.29, 0.717) is 11.7 Å². The number of Topliss-reactive ketones (excluding diaryl/α,β-unsaturated/α-hetero) is 1. The van der Waals surface area contributed by atoms with Crippen LogP contribution in [0.1, 0.15) is 25.7 Å². The van der Waals surface area contributed by atoms with Crippen molar-refractivity contribution >= 4 is 5.78 Å². The van der Waals surface area contributed by atoms with E-state index < -0.39 is 0 Å². The van der Waals surface area contributed by atoms with E-state index >= 15 is 0 Å². The third-order valence-electron chi connectivity index (χ3n) is 2.83. The van der Waals surface area contributed by atoms with Crippen LogP contribution in [0.3, 0.4) is 0 Å². The third kappa shape index (κ3) is 0.788. The van der Waals surface area contributed by atoms with Gasteiger partial charge in [-0.2, -0.15) is 0 Å². The van der Waals surface area contributed by atoms with Gasteiger partial charge in [-0.05, 0) is 25.2 Å². The highest BCUT2D eigenvalue weighted by Gasteiger charge is 2.40. The average molecular weight is 140 g/mol. The van der Waals surface area contributed by atoms with E-state index in [1.165, 1.54) is 0 Å². The third-order valence-corrected chi connectivity index (χ3v) is 2.83. The first-order valence-electron chi connectivity index (χ1n) is 3.98. The Bertz CT molecular complexity index is 165. The average Bonchev–Trinajstić information content (AvgIpc) is 1.86. The molecule has 0 radical (unpaired) electrons. The summed E-state index contributed by atoms with van der Waals surface area (Å²) in [5, 5.41) is 9.35. The molecule has 0 heterocycles. The Hall–Kier alpha value is -0.370. The van der Waals surface area contributed by atoms with Crippen LogP contribution in [0.25, 0.3) is 0 Å². The van der Waals surface area contributed by atoms with Crippen LogP contribution in [0.4, 0.5) is 0 Å². The van der Waals surface area contributed by atoms with Crippen molar-refractivity contribution < 1.29 is 9.90 Å². The molecule has 2 heteroatoms. The fourth-order valence-electron chi connectivity index (χ4n) is 2.23. The summed E-state index contributed by atoms with van der Waals surface area (Å²) in [5.41, 5.74) is 0. The van der Waals surface area contributed by atoms with Gasteiger partial charge in [0.25, 0.3) is 0 Å². The lowest BCUT2D eigenvalue weighted by atomic mass is 9.68. The van der Waals surface area contributed by atoms with Crippen LogP contribution in [0.2, 0.25) is 0 Å². The maximum Gasteiger partial charge on any atom is 0.138 e. The fourth-order valence-corrected chi connectivity index (χ4v) is 2.23. The Balaban J connectivity index is 2.18. The Labute approximate surface area is 60.2 Å². The van der Waals surface area contributed by atoms with Crippen molar-refractivity contribution in [2.75, 3.05) is 0 Å². The molecule has 0 amide bonds. The summed E-state index contributed by atoms with van der Waals surface area (Å²) >= 11 is 0. The predicted molar refractivity (Wildman–Crippen MR) is 36.5 cm³/mol. The first-order valence-corrected chi connectivity index (χ1v) is 3.98.